The van der Waals surface area contributed by atoms with E-state index in [9.17, 15) is 4.79 Å². The zero-order chi connectivity index (χ0) is 22.5. The third-order valence-corrected chi connectivity index (χ3v) is 5.56. The van der Waals surface area contributed by atoms with Crippen LogP contribution in [0.4, 0.5) is 0 Å². The number of ether oxygens (including phenoxy) is 2. The Labute approximate surface area is 188 Å². The van der Waals surface area contributed by atoms with Gasteiger partial charge in [-0.25, -0.2) is 4.98 Å². The number of aromatic nitrogens is 1. The normalized spacial score (nSPS) is 11.7. The zero-order valence-corrected chi connectivity index (χ0v) is 18.5. The van der Waals surface area contributed by atoms with Crippen LogP contribution in [0.3, 0.4) is 0 Å². The van der Waals surface area contributed by atoms with Crippen molar-refractivity contribution in [2.45, 2.75) is 19.4 Å². The number of rotatable bonds is 7. The predicted molar refractivity (Wildman–Crippen MR) is 127 cm³/mol. The number of nitrogens with zero attached hydrogens (tertiary/aromatic N) is 1. The fourth-order valence-electron chi connectivity index (χ4n) is 3.85. The number of carbonyl (C=O) groups is 1. The number of hydrogen-bond donors (Lipinski definition) is 1. The van der Waals surface area contributed by atoms with Crippen molar-refractivity contribution in [3.05, 3.63) is 90.0 Å². The van der Waals surface area contributed by atoms with Crippen LogP contribution >= 0.6 is 0 Å². The van der Waals surface area contributed by atoms with Gasteiger partial charge in [0.05, 0.1) is 37.0 Å². The molecule has 0 spiro atoms. The van der Waals surface area contributed by atoms with E-state index in [1.807, 2.05) is 78.9 Å². The van der Waals surface area contributed by atoms with Gasteiger partial charge >= 0.3 is 0 Å². The van der Waals surface area contributed by atoms with Crippen molar-refractivity contribution in [2.24, 2.45) is 0 Å². The first-order chi connectivity index (χ1) is 15.6. The molecule has 5 heteroatoms. The largest absolute Gasteiger partial charge is 0.493 e. The van der Waals surface area contributed by atoms with E-state index in [1.54, 1.807) is 14.2 Å². The van der Waals surface area contributed by atoms with E-state index in [1.165, 1.54) is 0 Å². The topological polar surface area (TPSA) is 60.5 Å². The van der Waals surface area contributed by atoms with Crippen LogP contribution in [-0.4, -0.2) is 25.1 Å². The van der Waals surface area contributed by atoms with Gasteiger partial charge < -0.3 is 14.8 Å². The Morgan fingerprint density at radius 1 is 0.906 bits per heavy atom. The van der Waals surface area contributed by atoms with Gasteiger partial charge in [-0.2, -0.15) is 0 Å². The lowest BCUT2D eigenvalue weighted by Crippen LogP contribution is -2.28. The monoisotopic (exact) mass is 426 g/mol. The molecule has 1 atom stereocenters. The summed E-state index contributed by atoms with van der Waals surface area (Å²) < 4.78 is 10.8. The molecule has 162 valence electrons. The molecule has 0 saturated carbocycles. The van der Waals surface area contributed by atoms with Crippen molar-refractivity contribution in [3.63, 3.8) is 0 Å². The second-order valence-corrected chi connectivity index (χ2v) is 7.49. The lowest BCUT2D eigenvalue weighted by Gasteiger charge is -2.18. The molecule has 1 heterocycles. The van der Waals surface area contributed by atoms with Gasteiger partial charge in [0.25, 0.3) is 5.91 Å². The molecular weight excluding hydrogens is 400 g/mol. The Kier molecular flexibility index (Phi) is 6.36. The summed E-state index contributed by atoms with van der Waals surface area (Å²) in [5, 5.41) is 4.02. The Bertz CT molecular complexity index is 1240. The Hall–Kier alpha value is -3.86. The molecule has 0 aliphatic heterocycles. The van der Waals surface area contributed by atoms with E-state index < -0.39 is 0 Å². The summed E-state index contributed by atoms with van der Waals surface area (Å²) in [5.41, 5.74) is 3.98. The number of fused-ring (bicyclic) bond motifs is 1. The predicted octanol–water partition coefficient (Wildman–Crippen LogP) is 5.80. The van der Waals surface area contributed by atoms with Crippen LogP contribution < -0.4 is 14.8 Å². The van der Waals surface area contributed by atoms with Crippen LogP contribution in [0.5, 0.6) is 11.5 Å². The highest BCUT2D eigenvalue weighted by Gasteiger charge is 2.18. The summed E-state index contributed by atoms with van der Waals surface area (Å²) in [7, 11) is 3.20. The first kappa shape index (κ1) is 21.4. The van der Waals surface area contributed by atoms with Gasteiger partial charge in [-0.15, -0.1) is 0 Å². The summed E-state index contributed by atoms with van der Waals surface area (Å²) in [5.74, 6) is 1.13. The third kappa shape index (κ3) is 4.28. The first-order valence-electron chi connectivity index (χ1n) is 10.6. The molecule has 32 heavy (non-hydrogen) atoms. The smallest absolute Gasteiger partial charge is 0.252 e. The molecule has 0 bridgehead atoms. The number of carbonyl (C=O) groups excluding carboxylic acids is 1. The van der Waals surface area contributed by atoms with Crippen LogP contribution in [0.15, 0.2) is 78.9 Å². The van der Waals surface area contributed by atoms with Crippen molar-refractivity contribution in [2.75, 3.05) is 14.2 Å². The van der Waals surface area contributed by atoms with E-state index in [0.717, 1.165) is 28.5 Å². The van der Waals surface area contributed by atoms with E-state index in [-0.39, 0.29) is 11.9 Å². The van der Waals surface area contributed by atoms with E-state index >= 15 is 0 Å². The number of hydrogen-bond acceptors (Lipinski definition) is 4. The minimum absolute atomic E-state index is 0.0693. The first-order valence-corrected chi connectivity index (χ1v) is 10.6. The van der Waals surface area contributed by atoms with E-state index in [4.69, 9.17) is 14.5 Å². The number of benzene rings is 3. The molecule has 1 N–H and O–H groups in total. The molecule has 1 amide bonds. The molecule has 0 fully saturated rings. The van der Waals surface area contributed by atoms with Crippen molar-refractivity contribution in [1.29, 1.82) is 0 Å². The molecule has 4 rings (SSSR count). The Balaban J connectivity index is 1.77. The summed E-state index contributed by atoms with van der Waals surface area (Å²) in [6, 6.07) is 25.1. The summed E-state index contributed by atoms with van der Waals surface area (Å²) in [6.07, 6.45) is 0.793. The number of pyridine rings is 1. The average Bonchev–Trinajstić information content (AvgIpc) is 2.86. The van der Waals surface area contributed by atoms with Crippen molar-refractivity contribution >= 4 is 16.8 Å². The van der Waals surface area contributed by atoms with Gasteiger partial charge in [0.1, 0.15) is 0 Å². The Morgan fingerprint density at radius 2 is 1.62 bits per heavy atom. The molecular formula is C27H26N2O3. The standard InChI is InChI=1S/C27H26N2O3/c1-4-22(18-10-6-5-7-11-18)29-27(30)21-17-24(28-23-13-9-8-12-20(21)23)19-14-15-25(31-2)26(16-19)32-3/h5-17,22H,4H2,1-3H3,(H,29,30)/t22-/m1/s1. The number of para-hydroxylation sites is 1. The Morgan fingerprint density at radius 3 is 2.34 bits per heavy atom. The lowest BCUT2D eigenvalue weighted by molar-refractivity contribution is 0.0937. The van der Waals surface area contributed by atoms with Gasteiger partial charge in [-0.05, 0) is 42.3 Å². The maximum atomic E-state index is 13.4. The summed E-state index contributed by atoms with van der Waals surface area (Å²) >= 11 is 0. The second kappa shape index (κ2) is 9.52. The molecule has 1 aromatic heterocycles. The quantitative estimate of drug-likeness (QED) is 0.406. The summed E-state index contributed by atoms with van der Waals surface area (Å²) in [6.45, 7) is 2.07. The maximum Gasteiger partial charge on any atom is 0.252 e. The average molecular weight is 427 g/mol. The number of nitrogens with one attached hydrogen (secondary N) is 1. The van der Waals surface area contributed by atoms with Gasteiger partial charge in [0.2, 0.25) is 0 Å². The highest BCUT2D eigenvalue weighted by Crippen LogP contribution is 2.33. The molecule has 0 aliphatic rings. The SMILES string of the molecule is CC[C@@H](NC(=O)c1cc(-c2ccc(OC)c(OC)c2)nc2ccccc12)c1ccccc1. The molecule has 0 aliphatic carbocycles. The summed E-state index contributed by atoms with van der Waals surface area (Å²) in [4.78, 5) is 18.2. The van der Waals surface area contributed by atoms with Gasteiger partial charge in [-0.1, -0.05) is 55.5 Å². The molecule has 0 saturated heterocycles. The third-order valence-electron chi connectivity index (χ3n) is 5.56. The molecule has 0 unspecified atom stereocenters. The van der Waals surface area contributed by atoms with Crippen LogP contribution in [0.2, 0.25) is 0 Å². The highest BCUT2D eigenvalue weighted by atomic mass is 16.5. The number of methoxy groups -OCH3 is 2. The minimum atomic E-state index is -0.124. The van der Waals surface area contributed by atoms with Crippen molar-refractivity contribution < 1.29 is 14.3 Å². The zero-order valence-electron chi connectivity index (χ0n) is 18.5. The van der Waals surface area contributed by atoms with E-state index in [0.29, 0.717) is 22.8 Å². The molecule has 3 aromatic carbocycles. The molecule has 0 radical (unpaired) electrons. The van der Waals surface area contributed by atoms with Crippen molar-refractivity contribution in [1.82, 2.24) is 10.3 Å². The van der Waals surface area contributed by atoms with Gasteiger partial charge in [-0.3, -0.25) is 4.79 Å². The minimum Gasteiger partial charge on any atom is -0.493 e. The highest BCUT2D eigenvalue weighted by molar-refractivity contribution is 6.07. The fourth-order valence-corrected chi connectivity index (χ4v) is 3.85. The molecule has 5 nitrogen and oxygen atoms in total. The fraction of sp³-hybridized carbons (Fsp3) is 0.185. The van der Waals surface area contributed by atoms with Crippen LogP contribution in [0, 0.1) is 0 Å². The number of amides is 1. The second-order valence-electron chi connectivity index (χ2n) is 7.49. The lowest BCUT2D eigenvalue weighted by atomic mass is 10.0. The van der Waals surface area contributed by atoms with Gasteiger partial charge in [0, 0.05) is 10.9 Å². The van der Waals surface area contributed by atoms with Crippen LogP contribution in [0.25, 0.3) is 22.2 Å². The van der Waals surface area contributed by atoms with Crippen LogP contribution in [-0.2, 0) is 0 Å². The van der Waals surface area contributed by atoms with Crippen molar-refractivity contribution in [3.8, 4) is 22.8 Å². The maximum absolute atomic E-state index is 13.4. The van der Waals surface area contributed by atoms with E-state index in [2.05, 4.69) is 12.2 Å². The molecule has 4 aromatic rings. The van der Waals surface area contributed by atoms with Crippen LogP contribution in [0.1, 0.15) is 35.3 Å². The van der Waals surface area contributed by atoms with Gasteiger partial charge in [0.15, 0.2) is 11.5 Å².